The van der Waals surface area contributed by atoms with E-state index in [1.165, 1.54) is 0 Å². The molecular formula is C19H29IN6O. The normalized spacial score (nSPS) is 10.9. The fourth-order valence-electron chi connectivity index (χ4n) is 2.48. The van der Waals surface area contributed by atoms with E-state index in [1.807, 2.05) is 48.1 Å². The zero-order valence-corrected chi connectivity index (χ0v) is 18.5. The average molecular weight is 484 g/mol. The molecule has 8 heteroatoms. The van der Waals surface area contributed by atoms with Gasteiger partial charge in [0.05, 0.1) is 6.54 Å². The lowest BCUT2D eigenvalue weighted by Crippen LogP contribution is -2.39. The molecule has 0 aliphatic rings. The van der Waals surface area contributed by atoms with Gasteiger partial charge >= 0.3 is 0 Å². The number of rotatable bonds is 8. The Bertz CT molecular complexity index is 715. The van der Waals surface area contributed by atoms with Gasteiger partial charge < -0.3 is 15.5 Å². The van der Waals surface area contributed by atoms with Gasteiger partial charge in [-0.15, -0.1) is 24.0 Å². The topological polar surface area (TPSA) is 74.6 Å². The van der Waals surface area contributed by atoms with Crippen molar-refractivity contribution in [3.05, 3.63) is 53.9 Å². The molecule has 0 atom stereocenters. The summed E-state index contributed by atoms with van der Waals surface area (Å²) in [5, 5.41) is 10.7. The molecule has 0 aliphatic carbocycles. The van der Waals surface area contributed by atoms with Crippen molar-refractivity contribution in [3.63, 3.8) is 0 Å². The average Bonchev–Trinajstić information content (AvgIpc) is 3.14. The number of aromatic nitrogens is 2. The van der Waals surface area contributed by atoms with Crippen molar-refractivity contribution in [3.8, 4) is 0 Å². The largest absolute Gasteiger partial charge is 0.357 e. The van der Waals surface area contributed by atoms with E-state index in [0.29, 0.717) is 12.1 Å². The van der Waals surface area contributed by atoms with E-state index in [9.17, 15) is 4.79 Å². The second kappa shape index (κ2) is 12.3. The number of carbonyl (C=O) groups excluding carboxylic acids is 1. The van der Waals surface area contributed by atoms with Crippen molar-refractivity contribution in [1.29, 1.82) is 0 Å². The van der Waals surface area contributed by atoms with E-state index in [-0.39, 0.29) is 29.9 Å². The van der Waals surface area contributed by atoms with Gasteiger partial charge in [-0.3, -0.25) is 14.5 Å². The van der Waals surface area contributed by atoms with Crippen LogP contribution < -0.4 is 10.6 Å². The number of halogens is 1. The van der Waals surface area contributed by atoms with Crippen molar-refractivity contribution in [2.45, 2.75) is 19.9 Å². The van der Waals surface area contributed by atoms with Gasteiger partial charge in [0.2, 0.25) is 0 Å². The molecule has 2 rings (SSSR count). The van der Waals surface area contributed by atoms with Crippen LogP contribution in [0.5, 0.6) is 0 Å². The van der Waals surface area contributed by atoms with E-state index in [2.05, 4.69) is 20.7 Å². The van der Waals surface area contributed by atoms with Gasteiger partial charge in [-0.05, 0) is 37.1 Å². The van der Waals surface area contributed by atoms with Crippen LogP contribution >= 0.6 is 24.0 Å². The molecule has 1 aromatic carbocycles. The molecule has 0 saturated heterocycles. The van der Waals surface area contributed by atoms with E-state index in [1.54, 1.807) is 25.2 Å². The first kappa shape index (κ1) is 22.9. The monoisotopic (exact) mass is 484 g/mol. The summed E-state index contributed by atoms with van der Waals surface area (Å²) in [5.41, 5.74) is 1.81. The van der Waals surface area contributed by atoms with Gasteiger partial charge in [0.25, 0.3) is 5.91 Å². The summed E-state index contributed by atoms with van der Waals surface area (Å²) in [5.74, 6) is 0.809. The number of nitrogens with one attached hydrogen (secondary N) is 2. The Morgan fingerprint density at radius 2 is 2.07 bits per heavy atom. The number of hydrogen-bond donors (Lipinski definition) is 2. The predicted molar refractivity (Wildman–Crippen MR) is 120 cm³/mol. The van der Waals surface area contributed by atoms with E-state index < -0.39 is 0 Å². The van der Waals surface area contributed by atoms with Crippen LogP contribution in [0.15, 0.2) is 47.7 Å². The first-order chi connectivity index (χ1) is 12.6. The minimum absolute atomic E-state index is 0. The maximum Gasteiger partial charge on any atom is 0.253 e. The van der Waals surface area contributed by atoms with Crippen molar-refractivity contribution in [1.82, 2.24) is 25.3 Å². The zero-order chi connectivity index (χ0) is 18.8. The van der Waals surface area contributed by atoms with Gasteiger partial charge in [-0.2, -0.15) is 5.10 Å². The molecule has 1 aromatic heterocycles. The number of carbonyl (C=O) groups is 1. The minimum Gasteiger partial charge on any atom is -0.357 e. The lowest BCUT2D eigenvalue weighted by Gasteiger charge is -2.12. The Hall–Kier alpha value is -2.10. The molecule has 0 aliphatic heterocycles. The number of amides is 1. The summed E-state index contributed by atoms with van der Waals surface area (Å²) in [7, 11) is 3.52. The number of aliphatic imine (C=N–C) groups is 1. The minimum atomic E-state index is 0. The van der Waals surface area contributed by atoms with Crippen LogP contribution in [0.3, 0.4) is 0 Å². The van der Waals surface area contributed by atoms with Crippen molar-refractivity contribution >= 4 is 35.8 Å². The van der Waals surface area contributed by atoms with Gasteiger partial charge in [-0.1, -0.05) is 12.1 Å². The van der Waals surface area contributed by atoms with Crippen LogP contribution in [0.25, 0.3) is 0 Å². The summed E-state index contributed by atoms with van der Waals surface area (Å²) in [4.78, 5) is 18.2. The second-order valence-corrected chi connectivity index (χ2v) is 6.11. The number of nitrogens with zero attached hydrogens (tertiary/aromatic N) is 4. The quantitative estimate of drug-likeness (QED) is 0.342. The molecule has 7 nitrogen and oxygen atoms in total. The maximum absolute atomic E-state index is 12.1. The number of hydrogen-bond acceptors (Lipinski definition) is 3. The SMILES string of the molecule is CCNC(=NCCc1cccc(C(=O)N(C)C)c1)NCCn1cccn1.I. The molecule has 2 aromatic rings. The summed E-state index contributed by atoms with van der Waals surface area (Å²) >= 11 is 0. The Kier molecular flexibility index (Phi) is 10.5. The highest BCUT2D eigenvalue weighted by Gasteiger charge is 2.08. The van der Waals surface area contributed by atoms with Gasteiger partial charge in [0, 0.05) is 51.7 Å². The first-order valence-corrected chi connectivity index (χ1v) is 8.90. The van der Waals surface area contributed by atoms with Crippen molar-refractivity contribution < 1.29 is 4.79 Å². The van der Waals surface area contributed by atoms with Gasteiger partial charge in [-0.25, -0.2) is 0 Å². The van der Waals surface area contributed by atoms with Crippen LogP contribution in [0.2, 0.25) is 0 Å². The molecule has 0 radical (unpaired) electrons. The van der Waals surface area contributed by atoms with Crippen LogP contribution in [-0.4, -0.2) is 60.3 Å². The molecule has 27 heavy (non-hydrogen) atoms. The Morgan fingerprint density at radius 3 is 2.74 bits per heavy atom. The standard InChI is InChI=1S/C19H28N6O.HI/c1-4-20-19(22-12-14-25-13-6-10-23-25)21-11-9-16-7-5-8-17(15-16)18(26)24(2)3;/h5-8,10,13,15H,4,9,11-12,14H2,1-3H3,(H2,20,21,22);1H. The summed E-state index contributed by atoms with van der Waals surface area (Å²) in [6, 6.07) is 9.64. The molecule has 0 fully saturated rings. The molecule has 1 heterocycles. The van der Waals surface area contributed by atoms with E-state index >= 15 is 0 Å². The zero-order valence-electron chi connectivity index (χ0n) is 16.2. The third kappa shape index (κ3) is 7.98. The van der Waals surface area contributed by atoms with Crippen LogP contribution in [0.4, 0.5) is 0 Å². The molecule has 0 spiro atoms. The number of guanidine groups is 1. The molecular weight excluding hydrogens is 455 g/mol. The number of benzene rings is 1. The molecule has 148 valence electrons. The van der Waals surface area contributed by atoms with Gasteiger partial charge in [0.15, 0.2) is 5.96 Å². The Balaban J connectivity index is 0.00000364. The Morgan fingerprint density at radius 1 is 1.26 bits per heavy atom. The highest BCUT2D eigenvalue weighted by molar-refractivity contribution is 14.0. The van der Waals surface area contributed by atoms with Gasteiger partial charge in [0.1, 0.15) is 0 Å². The van der Waals surface area contributed by atoms with E-state index in [0.717, 1.165) is 37.6 Å². The first-order valence-electron chi connectivity index (χ1n) is 8.90. The Labute approximate surface area is 178 Å². The van der Waals surface area contributed by atoms with Crippen molar-refractivity contribution in [2.75, 3.05) is 33.7 Å². The summed E-state index contributed by atoms with van der Waals surface area (Å²) in [6.07, 6.45) is 4.49. The van der Waals surface area contributed by atoms with E-state index in [4.69, 9.17) is 0 Å². The molecule has 0 unspecified atom stereocenters. The van der Waals surface area contributed by atoms with Crippen molar-refractivity contribution in [2.24, 2.45) is 4.99 Å². The van der Waals surface area contributed by atoms with Crippen LogP contribution in [0, 0.1) is 0 Å². The third-order valence-corrected chi connectivity index (χ3v) is 3.79. The lowest BCUT2D eigenvalue weighted by atomic mass is 10.1. The van der Waals surface area contributed by atoms with Crippen LogP contribution in [0.1, 0.15) is 22.8 Å². The highest BCUT2D eigenvalue weighted by atomic mass is 127. The molecule has 1 amide bonds. The fraction of sp³-hybridized carbons (Fsp3) is 0.421. The lowest BCUT2D eigenvalue weighted by molar-refractivity contribution is 0.0827. The predicted octanol–water partition coefficient (Wildman–Crippen LogP) is 2.00. The summed E-state index contributed by atoms with van der Waals surface area (Å²) < 4.78 is 1.88. The molecule has 0 saturated carbocycles. The fourth-order valence-corrected chi connectivity index (χ4v) is 2.48. The van der Waals surface area contributed by atoms with Crippen LogP contribution in [-0.2, 0) is 13.0 Å². The molecule has 2 N–H and O–H groups in total. The third-order valence-electron chi connectivity index (χ3n) is 3.79. The highest BCUT2D eigenvalue weighted by Crippen LogP contribution is 2.08. The smallest absolute Gasteiger partial charge is 0.253 e. The maximum atomic E-state index is 12.1. The molecule has 0 bridgehead atoms. The second-order valence-electron chi connectivity index (χ2n) is 6.11. The summed E-state index contributed by atoms with van der Waals surface area (Å²) in [6.45, 7) is 5.03.